The molecule has 4 saturated carbocycles. The van der Waals surface area contributed by atoms with Gasteiger partial charge in [-0.05, 0) is 94.1 Å². The number of rotatable bonds is 3. The van der Waals surface area contributed by atoms with Crippen molar-refractivity contribution in [1.29, 1.82) is 0 Å². The number of para-hydroxylation sites is 2. The number of carbonyl (C=O) groups is 1. The van der Waals surface area contributed by atoms with Gasteiger partial charge in [-0.2, -0.15) is 0 Å². The fraction of sp³-hybridized carbons (Fsp3) is 0.654. The summed E-state index contributed by atoms with van der Waals surface area (Å²) in [5, 5.41) is 9.62. The van der Waals surface area contributed by atoms with E-state index in [2.05, 4.69) is 9.88 Å². The predicted octanol–water partition coefficient (Wildman–Crippen LogP) is 4.23. The van der Waals surface area contributed by atoms with Crippen molar-refractivity contribution in [1.82, 2.24) is 14.5 Å². The Morgan fingerprint density at radius 1 is 0.906 bits per heavy atom. The van der Waals surface area contributed by atoms with Crippen molar-refractivity contribution in [3.8, 4) is 0 Å². The van der Waals surface area contributed by atoms with Crippen LogP contribution in [0.1, 0.15) is 80.7 Å². The molecule has 168 valence electrons. The molecule has 2 aromatic rings. The van der Waals surface area contributed by atoms with Gasteiger partial charge < -0.3 is 9.67 Å². The highest BCUT2D eigenvalue weighted by Crippen LogP contribution is 2.61. The van der Waals surface area contributed by atoms with Crippen molar-refractivity contribution < 1.29 is 9.90 Å². The van der Waals surface area contributed by atoms with Crippen LogP contribution in [0.2, 0.25) is 0 Å². The van der Waals surface area contributed by atoms with Crippen LogP contribution in [0.15, 0.2) is 29.1 Å². The average molecular weight is 434 g/mol. The van der Waals surface area contributed by atoms with Crippen molar-refractivity contribution in [2.45, 2.75) is 87.9 Å². The molecule has 1 aromatic carbocycles. The summed E-state index contributed by atoms with van der Waals surface area (Å²) in [7, 11) is 0. The number of benzene rings is 1. The number of nitrogens with zero attached hydrogens (tertiary/aromatic N) is 3. The largest absolute Gasteiger partial charge is 0.476 e. The summed E-state index contributed by atoms with van der Waals surface area (Å²) >= 11 is 0. The van der Waals surface area contributed by atoms with Crippen LogP contribution in [0, 0.1) is 17.8 Å². The Bertz CT molecular complexity index is 1120. The molecule has 3 heterocycles. The number of carboxylic acids is 1. The summed E-state index contributed by atoms with van der Waals surface area (Å²) in [6, 6.07) is 8.59. The minimum Gasteiger partial charge on any atom is -0.476 e. The topological polar surface area (TPSA) is 75.4 Å². The first kappa shape index (κ1) is 19.3. The number of carboxylic acid groups (broad SMARTS) is 1. The van der Waals surface area contributed by atoms with E-state index in [-0.39, 0.29) is 11.7 Å². The number of aromatic carboxylic acids is 1. The maximum Gasteiger partial charge on any atom is 0.360 e. The standard InChI is InChI=1S/C26H31N3O3/c30-24-23(25(31)32)27-21-3-1-2-4-22(21)28(24)20-10-18-5-6-19(11-20)29(18)26-12-15-7-16(13-26)9-17(8-15)14-26/h1-4,15-20H,5-14H2,(H,31,32). The Balaban J connectivity index is 1.27. The van der Waals surface area contributed by atoms with Crippen molar-refractivity contribution in [3.63, 3.8) is 0 Å². The molecule has 32 heavy (non-hydrogen) atoms. The Hall–Kier alpha value is -2.21. The molecule has 6 heteroatoms. The second kappa shape index (κ2) is 6.66. The lowest BCUT2D eigenvalue weighted by atomic mass is 9.52. The monoisotopic (exact) mass is 433 g/mol. The van der Waals surface area contributed by atoms with Crippen LogP contribution in [0.3, 0.4) is 0 Å². The highest BCUT2D eigenvalue weighted by atomic mass is 16.4. The zero-order valence-corrected chi connectivity index (χ0v) is 18.4. The minimum atomic E-state index is -1.23. The van der Waals surface area contributed by atoms with Gasteiger partial charge in [0.1, 0.15) is 0 Å². The molecule has 0 spiro atoms. The molecule has 6 nitrogen and oxygen atoms in total. The molecular formula is C26H31N3O3. The van der Waals surface area contributed by atoms with Crippen LogP contribution in [0.4, 0.5) is 0 Å². The molecule has 0 amide bonds. The Morgan fingerprint density at radius 2 is 1.50 bits per heavy atom. The average Bonchev–Trinajstić information content (AvgIpc) is 3.04. The Labute approximate surface area is 187 Å². The third-order valence-electron chi connectivity index (χ3n) is 9.62. The second-order valence-corrected chi connectivity index (χ2v) is 11.5. The number of aromatic nitrogens is 2. The van der Waals surface area contributed by atoms with Gasteiger partial charge in [-0.25, -0.2) is 9.78 Å². The summed E-state index contributed by atoms with van der Waals surface area (Å²) in [5.41, 5.74) is 0.988. The molecular weight excluding hydrogens is 402 g/mol. The van der Waals surface area contributed by atoms with Crippen molar-refractivity contribution in [2.24, 2.45) is 17.8 Å². The van der Waals surface area contributed by atoms with Gasteiger partial charge in [-0.15, -0.1) is 0 Å². The molecule has 8 rings (SSSR count). The van der Waals surface area contributed by atoms with E-state index in [0.29, 0.717) is 23.1 Å². The number of fused-ring (bicyclic) bond motifs is 3. The Kier molecular flexibility index (Phi) is 4.01. The third-order valence-corrected chi connectivity index (χ3v) is 9.62. The molecule has 6 fully saturated rings. The number of hydrogen-bond donors (Lipinski definition) is 1. The number of hydrogen-bond acceptors (Lipinski definition) is 4. The molecule has 2 atom stereocenters. The first-order valence-electron chi connectivity index (χ1n) is 12.5. The smallest absolute Gasteiger partial charge is 0.360 e. The highest BCUT2D eigenvalue weighted by Gasteiger charge is 2.58. The lowest BCUT2D eigenvalue weighted by Crippen LogP contribution is -2.64. The zero-order chi connectivity index (χ0) is 21.6. The summed E-state index contributed by atoms with van der Waals surface area (Å²) in [6.45, 7) is 0. The third kappa shape index (κ3) is 2.65. The first-order valence-corrected chi connectivity index (χ1v) is 12.5. The molecule has 2 unspecified atom stereocenters. The van der Waals surface area contributed by atoms with Crippen LogP contribution in [-0.4, -0.2) is 43.1 Å². The van der Waals surface area contributed by atoms with Crippen LogP contribution < -0.4 is 5.56 Å². The van der Waals surface area contributed by atoms with Gasteiger partial charge in [0.2, 0.25) is 5.69 Å². The van der Waals surface area contributed by atoms with E-state index in [1.165, 1.54) is 51.4 Å². The predicted molar refractivity (Wildman–Crippen MR) is 121 cm³/mol. The molecule has 6 aliphatic rings. The van der Waals surface area contributed by atoms with Gasteiger partial charge in [-0.3, -0.25) is 9.69 Å². The molecule has 2 aliphatic heterocycles. The fourth-order valence-corrected chi connectivity index (χ4v) is 9.17. The van der Waals surface area contributed by atoms with Gasteiger partial charge in [0.05, 0.1) is 11.0 Å². The van der Waals surface area contributed by atoms with E-state index in [4.69, 9.17) is 0 Å². The molecule has 4 aliphatic carbocycles. The fourth-order valence-electron chi connectivity index (χ4n) is 9.17. The molecule has 1 N–H and O–H groups in total. The van der Waals surface area contributed by atoms with Crippen molar-refractivity contribution in [2.75, 3.05) is 0 Å². The minimum absolute atomic E-state index is 0.0520. The molecule has 0 radical (unpaired) electrons. The van der Waals surface area contributed by atoms with Gasteiger partial charge in [0.25, 0.3) is 5.56 Å². The lowest BCUT2D eigenvalue weighted by molar-refractivity contribution is -0.121. The van der Waals surface area contributed by atoms with Gasteiger partial charge >= 0.3 is 5.97 Å². The van der Waals surface area contributed by atoms with E-state index in [1.807, 2.05) is 24.3 Å². The van der Waals surface area contributed by atoms with Gasteiger partial charge in [0.15, 0.2) is 0 Å². The van der Waals surface area contributed by atoms with E-state index >= 15 is 0 Å². The SMILES string of the molecule is O=C(O)c1nc2ccccc2n(C2CC3CCC(C2)N3C23CC4CC(CC(C4)C2)C3)c1=O. The highest BCUT2D eigenvalue weighted by molar-refractivity contribution is 5.88. The van der Waals surface area contributed by atoms with Crippen LogP contribution in [-0.2, 0) is 0 Å². The van der Waals surface area contributed by atoms with Gasteiger partial charge in [0, 0.05) is 23.7 Å². The summed E-state index contributed by atoms with van der Waals surface area (Å²) in [4.78, 5) is 32.2. The summed E-state index contributed by atoms with van der Waals surface area (Å²) in [6.07, 6.45) is 12.9. The quantitative estimate of drug-likeness (QED) is 0.784. The summed E-state index contributed by atoms with van der Waals surface area (Å²) < 4.78 is 1.79. The Morgan fingerprint density at radius 3 is 2.09 bits per heavy atom. The van der Waals surface area contributed by atoms with E-state index in [9.17, 15) is 14.7 Å². The maximum absolute atomic E-state index is 13.3. The second-order valence-electron chi connectivity index (χ2n) is 11.5. The zero-order valence-electron chi connectivity index (χ0n) is 18.4. The maximum atomic E-state index is 13.3. The van der Waals surface area contributed by atoms with Crippen LogP contribution >= 0.6 is 0 Å². The lowest BCUT2D eigenvalue weighted by Gasteiger charge is -2.63. The molecule has 1 aromatic heterocycles. The van der Waals surface area contributed by atoms with E-state index in [0.717, 1.165) is 36.1 Å². The molecule has 2 saturated heterocycles. The van der Waals surface area contributed by atoms with E-state index in [1.54, 1.807) is 4.57 Å². The van der Waals surface area contributed by atoms with Crippen molar-refractivity contribution in [3.05, 3.63) is 40.3 Å². The van der Waals surface area contributed by atoms with Crippen LogP contribution in [0.5, 0.6) is 0 Å². The normalized spacial score (nSPS) is 40.2. The number of piperidine rings is 1. The summed E-state index contributed by atoms with van der Waals surface area (Å²) in [5.74, 6) is 1.57. The van der Waals surface area contributed by atoms with Crippen molar-refractivity contribution >= 4 is 17.0 Å². The molecule has 6 bridgehead atoms. The van der Waals surface area contributed by atoms with Gasteiger partial charge in [-0.1, -0.05) is 12.1 Å². The van der Waals surface area contributed by atoms with E-state index < -0.39 is 11.5 Å². The van der Waals surface area contributed by atoms with Crippen LogP contribution in [0.25, 0.3) is 11.0 Å². The first-order chi connectivity index (χ1) is 15.5.